The summed E-state index contributed by atoms with van der Waals surface area (Å²) >= 11 is 0. The first-order valence-electron chi connectivity index (χ1n) is 8.60. The number of likely N-dealkylation sites (tertiary alicyclic amines) is 1. The monoisotopic (exact) mass is 335 g/mol. The van der Waals surface area contributed by atoms with E-state index in [0.29, 0.717) is 39.0 Å². The van der Waals surface area contributed by atoms with E-state index >= 15 is 0 Å². The van der Waals surface area contributed by atoms with Crippen LogP contribution in [0.25, 0.3) is 0 Å². The van der Waals surface area contributed by atoms with Gasteiger partial charge in [0.25, 0.3) is 0 Å². The third-order valence-corrected chi connectivity index (χ3v) is 4.31. The van der Waals surface area contributed by atoms with Crippen LogP contribution in [-0.2, 0) is 9.47 Å². The number of hydrogen-bond acceptors (Lipinski definition) is 7. The summed E-state index contributed by atoms with van der Waals surface area (Å²) in [6, 6.07) is 2.20. The van der Waals surface area contributed by atoms with Crippen molar-refractivity contribution in [2.75, 3.05) is 56.2 Å². The van der Waals surface area contributed by atoms with Crippen LogP contribution in [0.1, 0.15) is 19.8 Å². The fraction of sp³-hybridized carbons (Fsp3) is 0.688. The second kappa shape index (κ2) is 8.14. The highest BCUT2D eigenvalue weighted by atomic mass is 16.6. The fourth-order valence-corrected chi connectivity index (χ4v) is 2.97. The molecule has 24 heavy (non-hydrogen) atoms. The normalized spacial score (nSPS) is 19.2. The molecule has 3 heterocycles. The van der Waals surface area contributed by atoms with Gasteiger partial charge >= 0.3 is 6.09 Å². The van der Waals surface area contributed by atoms with Crippen LogP contribution >= 0.6 is 0 Å². The summed E-state index contributed by atoms with van der Waals surface area (Å²) in [6.45, 7) is 6.73. The van der Waals surface area contributed by atoms with Crippen LogP contribution < -0.4 is 10.2 Å². The van der Waals surface area contributed by atoms with E-state index in [4.69, 9.17) is 9.47 Å². The molecule has 3 rings (SSSR count). The summed E-state index contributed by atoms with van der Waals surface area (Å²) in [6.07, 6.45) is 3.34. The van der Waals surface area contributed by atoms with Gasteiger partial charge in [-0.2, -0.15) is 4.98 Å². The maximum absolute atomic E-state index is 11.7. The molecule has 0 saturated carbocycles. The third-order valence-electron chi connectivity index (χ3n) is 4.31. The predicted octanol–water partition coefficient (Wildman–Crippen LogP) is 1.35. The Hall–Kier alpha value is -2.09. The molecule has 0 atom stereocenters. The summed E-state index contributed by atoms with van der Waals surface area (Å²) in [5.74, 6) is 1.58. The van der Waals surface area contributed by atoms with Gasteiger partial charge in [0, 0.05) is 38.4 Å². The van der Waals surface area contributed by atoms with Crippen molar-refractivity contribution in [3.05, 3.63) is 12.3 Å². The summed E-state index contributed by atoms with van der Waals surface area (Å²) < 4.78 is 10.4. The quantitative estimate of drug-likeness (QED) is 0.889. The Labute approximate surface area is 142 Å². The van der Waals surface area contributed by atoms with E-state index in [0.717, 1.165) is 37.7 Å². The second-order valence-corrected chi connectivity index (χ2v) is 5.95. The second-order valence-electron chi connectivity index (χ2n) is 5.95. The number of nitrogens with zero attached hydrogens (tertiary/aromatic N) is 4. The maximum atomic E-state index is 11.7. The lowest BCUT2D eigenvalue weighted by molar-refractivity contribution is 0.0983. The Balaban J connectivity index is 1.52. The van der Waals surface area contributed by atoms with Crippen molar-refractivity contribution in [1.82, 2.24) is 14.9 Å². The number of piperidine rings is 1. The van der Waals surface area contributed by atoms with Crippen LogP contribution in [0.4, 0.5) is 16.6 Å². The molecule has 2 saturated heterocycles. The molecule has 1 aromatic heterocycles. The van der Waals surface area contributed by atoms with Gasteiger partial charge in [-0.05, 0) is 25.8 Å². The van der Waals surface area contributed by atoms with E-state index in [9.17, 15) is 4.79 Å². The molecule has 2 aliphatic rings. The zero-order valence-electron chi connectivity index (χ0n) is 14.1. The predicted molar refractivity (Wildman–Crippen MR) is 90.3 cm³/mol. The molecule has 0 radical (unpaired) electrons. The van der Waals surface area contributed by atoms with Crippen molar-refractivity contribution < 1.29 is 14.3 Å². The van der Waals surface area contributed by atoms with Gasteiger partial charge in [-0.15, -0.1) is 0 Å². The molecule has 0 bridgehead atoms. The minimum atomic E-state index is -0.215. The zero-order chi connectivity index (χ0) is 16.8. The van der Waals surface area contributed by atoms with E-state index in [1.165, 1.54) is 0 Å². The Morgan fingerprint density at radius 2 is 2.08 bits per heavy atom. The largest absolute Gasteiger partial charge is 0.450 e. The van der Waals surface area contributed by atoms with Gasteiger partial charge in [0.15, 0.2) is 0 Å². The summed E-state index contributed by atoms with van der Waals surface area (Å²) in [5, 5.41) is 3.46. The van der Waals surface area contributed by atoms with Gasteiger partial charge in [0.2, 0.25) is 5.95 Å². The van der Waals surface area contributed by atoms with Gasteiger partial charge in [0.05, 0.1) is 19.8 Å². The number of carbonyl (C=O) groups excluding carboxylic acids is 1. The molecule has 8 nitrogen and oxygen atoms in total. The van der Waals surface area contributed by atoms with Crippen LogP contribution in [-0.4, -0.2) is 73.0 Å². The molecule has 0 aromatic carbocycles. The number of morpholine rings is 1. The summed E-state index contributed by atoms with van der Waals surface area (Å²) in [4.78, 5) is 24.6. The Kier molecular flexibility index (Phi) is 5.68. The number of nitrogens with one attached hydrogen (secondary N) is 1. The van der Waals surface area contributed by atoms with Crippen LogP contribution in [0, 0.1) is 0 Å². The standard InChI is InChI=1S/C16H25N5O3/c1-2-24-16(22)21-7-4-13(5-8-21)18-14-3-6-17-15(19-14)20-9-11-23-12-10-20/h3,6,13H,2,4-5,7-12H2,1H3,(H,17,18,19). The molecule has 8 heteroatoms. The van der Waals surface area contributed by atoms with Crippen molar-refractivity contribution in [3.8, 4) is 0 Å². The van der Waals surface area contributed by atoms with Crippen molar-refractivity contribution in [2.24, 2.45) is 0 Å². The fourth-order valence-electron chi connectivity index (χ4n) is 2.97. The third kappa shape index (κ3) is 4.25. The Morgan fingerprint density at radius 1 is 1.33 bits per heavy atom. The molecule has 1 aromatic rings. The lowest BCUT2D eigenvalue weighted by Gasteiger charge is -2.32. The molecule has 1 amide bonds. The number of hydrogen-bond donors (Lipinski definition) is 1. The van der Waals surface area contributed by atoms with Crippen molar-refractivity contribution >= 4 is 17.9 Å². The summed E-state index contributed by atoms with van der Waals surface area (Å²) in [5.41, 5.74) is 0. The van der Waals surface area contributed by atoms with Crippen molar-refractivity contribution in [3.63, 3.8) is 0 Å². The molecule has 1 N–H and O–H groups in total. The first-order chi connectivity index (χ1) is 11.8. The highest BCUT2D eigenvalue weighted by Crippen LogP contribution is 2.18. The highest BCUT2D eigenvalue weighted by molar-refractivity contribution is 5.67. The number of ether oxygens (including phenoxy) is 2. The van der Waals surface area contributed by atoms with E-state index in [1.54, 1.807) is 11.1 Å². The molecule has 2 fully saturated rings. The van der Waals surface area contributed by atoms with Crippen molar-refractivity contribution in [2.45, 2.75) is 25.8 Å². The maximum Gasteiger partial charge on any atom is 0.409 e. The van der Waals surface area contributed by atoms with Crippen molar-refractivity contribution in [1.29, 1.82) is 0 Å². The summed E-state index contributed by atoms with van der Waals surface area (Å²) in [7, 11) is 0. The van der Waals surface area contributed by atoms with Gasteiger partial charge in [-0.3, -0.25) is 0 Å². The number of amides is 1. The lowest BCUT2D eigenvalue weighted by Crippen LogP contribution is -2.42. The van der Waals surface area contributed by atoms with Crippen LogP contribution in [0.5, 0.6) is 0 Å². The van der Waals surface area contributed by atoms with Gasteiger partial charge in [0.1, 0.15) is 5.82 Å². The minimum absolute atomic E-state index is 0.215. The van der Waals surface area contributed by atoms with Crippen LogP contribution in [0.2, 0.25) is 0 Å². The Bertz CT molecular complexity index is 542. The smallest absolute Gasteiger partial charge is 0.409 e. The topological polar surface area (TPSA) is 79.8 Å². The van der Waals surface area contributed by atoms with Gasteiger partial charge in [-0.1, -0.05) is 0 Å². The number of aromatic nitrogens is 2. The minimum Gasteiger partial charge on any atom is -0.450 e. The van der Waals surface area contributed by atoms with Crippen LogP contribution in [0.15, 0.2) is 12.3 Å². The first kappa shape index (κ1) is 16.8. The van der Waals surface area contributed by atoms with Gasteiger partial charge in [-0.25, -0.2) is 9.78 Å². The zero-order valence-corrected chi connectivity index (χ0v) is 14.1. The molecular formula is C16H25N5O3. The van der Waals surface area contributed by atoms with Gasteiger partial charge < -0.3 is 24.6 Å². The SMILES string of the molecule is CCOC(=O)N1CCC(Nc2ccnc(N3CCOCC3)n2)CC1. The average molecular weight is 335 g/mol. The lowest BCUT2D eigenvalue weighted by atomic mass is 10.1. The number of anilines is 2. The number of carbonyl (C=O) groups is 1. The highest BCUT2D eigenvalue weighted by Gasteiger charge is 2.24. The number of rotatable bonds is 4. The molecule has 0 spiro atoms. The van der Waals surface area contributed by atoms with E-state index < -0.39 is 0 Å². The molecular weight excluding hydrogens is 310 g/mol. The first-order valence-corrected chi connectivity index (χ1v) is 8.60. The van der Waals surface area contributed by atoms with Crippen LogP contribution in [0.3, 0.4) is 0 Å². The van der Waals surface area contributed by atoms with E-state index in [2.05, 4.69) is 20.2 Å². The average Bonchev–Trinajstić information content (AvgIpc) is 2.63. The molecule has 132 valence electrons. The Morgan fingerprint density at radius 3 is 2.79 bits per heavy atom. The van der Waals surface area contributed by atoms with E-state index in [1.807, 2.05) is 13.0 Å². The van der Waals surface area contributed by atoms with E-state index in [-0.39, 0.29) is 6.09 Å². The molecule has 0 unspecified atom stereocenters. The molecule has 0 aliphatic carbocycles. The molecule has 2 aliphatic heterocycles.